The number of anilines is 1. The quantitative estimate of drug-likeness (QED) is 0.806. The lowest BCUT2D eigenvalue weighted by Crippen LogP contribution is -2.52. The summed E-state index contributed by atoms with van der Waals surface area (Å²) in [5.41, 5.74) is 1.26. The van der Waals surface area contributed by atoms with Gasteiger partial charge in [-0.05, 0) is 28.5 Å². The van der Waals surface area contributed by atoms with Gasteiger partial charge in [-0.3, -0.25) is 9.59 Å². The van der Waals surface area contributed by atoms with E-state index in [0.29, 0.717) is 18.8 Å². The van der Waals surface area contributed by atoms with E-state index < -0.39 is 5.54 Å². The number of carbonyl (C=O) groups excluding carboxylic acids is 2. The van der Waals surface area contributed by atoms with Gasteiger partial charge in [0.2, 0.25) is 5.91 Å². The molecular formula is C19H20N2O4S. The van der Waals surface area contributed by atoms with E-state index >= 15 is 0 Å². The first-order valence-corrected chi connectivity index (χ1v) is 9.54. The van der Waals surface area contributed by atoms with Crippen LogP contribution in [0.15, 0.2) is 35.0 Å². The number of morpholine rings is 1. The van der Waals surface area contributed by atoms with Gasteiger partial charge in [0.15, 0.2) is 0 Å². The highest BCUT2D eigenvalue weighted by Gasteiger charge is 2.44. The van der Waals surface area contributed by atoms with Gasteiger partial charge < -0.3 is 20.1 Å². The summed E-state index contributed by atoms with van der Waals surface area (Å²) in [6.45, 7) is 2.85. The second-order valence-electron chi connectivity index (χ2n) is 6.66. The SMILES string of the molecule is O=C1CC(=O)NC(c2ccsc2)(c2ccc(N3CCOCC3)cc2O)C1. The van der Waals surface area contributed by atoms with Crippen LogP contribution in [0.1, 0.15) is 24.0 Å². The molecule has 3 heterocycles. The fraction of sp³-hybridized carbons (Fsp3) is 0.368. The van der Waals surface area contributed by atoms with E-state index in [9.17, 15) is 14.7 Å². The molecule has 0 aliphatic carbocycles. The van der Waals surface area contributed by atoms with Crippen molar-refractivity contribution in [2.75, 3.05) is 31.2 Å². The number of carbonyl (C=O) groups is 2. The third-order valence-corrected chi connectivity index (χ3v) is 5.69. The topological polar surface area (TPSA) is 78.9 Å². The molecule has 26 heavy (non-hydrogen) atoms. The summed E-state index contributed by atoms with van der Waals surface area (Å²) in [6.07, 6.45) is 0.0262. The zero-order chi connectivity index (χ0) is 18.1. The van der Waals surface area contributed by atoms with Crippen LogP contribution in [0, 0.1) is 0 Å². The number of thiophene rings is 1. The molecule has 2 saturated heterocycles. The summed E-state index contributed by atoms with van der Waals surface area (Å²) in [7, 11) is 0. The molecule has 4 rings (SSSR count). The van der Waals surface area contributed by atoms with Gasteiger partial charge in [0.1, 0.15) is 17.1 Å². The van der Waals surface area contributed by atoms with E-state index in [2.05, 4.69) is 10.2 Å². The van der Waals surface area contributed by atoms with Gasteiger partial charge in [0.05, 0.1) is 19.6 Å². The van der Waals surface area contributed by atoms with Crippen molar-refractivity contribution < 1.29 is 19.4 Å². The maximum Gasteiger partial charge on any atom is 0.228 e. The zero-order valence-electron chi connectivity index (χ0n) is 14.2. The highest BCUT2D eigenvalue weighted by atomic mass is 32.1. The number of amides is 1. The summed E-state index contributed by atoms with van der Waals surface area (Å²) < 4.78 is 5.37. The second-order valence-corrected chi connectivity index (χ2v) is 7.44. The van der Waals surface area contributed by atoms with Gasteiger partial charge in [-0.15, -0.1) is 0 Å². The van der Waals surface area contributed by atoms with E-state index in [1.165, 1.54) is 11.3 Å². The van der Waals surface area contributed by atoms with Gasteiger partial charge in [-0.2, -0.15) is 11.3 Å². The molecule has 7 heteroatoms. The Labute approximate surface area is 155 Å². The minimum atomic E-state index is -1.01. The Kier molecular flexibility index (Phi) is 4.42. The molecule has 0 saturated carbocycles. The molecule has 2 aliphatic heterocycles. The first-order valence-electron chi connectivity index (χ1n) is 8.60. The third kappa shape index (κ3) is 2.97. The molecule has 1 atom stereocenters. The zero-order valence-corrected chi connectivity index (χ0v) is 15.1. The van der Waals surface area contributed by atoms with Crippen LogP contribution in [-0.2, 0) is 19.9 Å². The van der Waals surface area contributed by atoms with E-state index in [4.69, 9.17) is 4.74 Å². The van der Waals surface area contributed by atoms with Crippen molar-refractivity contribution in [2.24, 2.45) is 0 Å². The van der Waals surface area contributed by atoms with Crippen LogP contribution < -0.4 is 10.2 Å². The minimum Gasteiger partial charge on any atom is -0.507 e. The fourth-order valence-corrected chi connectivity index (χ4v) is 4.49. The maximum atomic E-state index is 12.2. The number of hydrogen-bond acceptors (Lipinski definition) is 6. The lowest BCUT2D eigenvalue weighted by Gasteiger charge is -2.38. The molecule has 1 aromatic heterocycles. The number of nitrogens with zero attached hydrogens (tertiary/aromatic N) is 1. The number of aromatic hydroxyl groups is 1. The minimum absolute atomic E-state index is 0.0789. The van der Waals surface area contributed by atoms with Crippen molar-refractivity contribution in [3.05, 3.63) is 46.2 Å². The average Bonchev–Trinajstić information content (AvgIpc) is 3.17. The molecule has 2 aromatic rings. The number of Topliss-reactive ketones (excluding diaryl/α,β-unsaturated/α-hetero) is 1. The van der Waals surface area contributed by atoms with Crippen molar-refractivity contribution in [3.8, 4) is 5.75 Å². The fourth-order valence-electron chi connectivity index (χ4n) is 3.76. The van der Waals surface area contributed by atoms with Crippen LogP contribution in [0.25, 0.3) is 0 Å². The number of benzene rings is 1. The Bertz CT molecular complexity index is 812. The van der Waals surface area contributed by atoms with Gasteiger partial charge in [-0.1, -0.05) is 6.07 Å². The highest BCUT2D eigenvalue weighted by Crippen LogP contribution is 2.42. The van der Waals surface area contributed by atoms with E-state index in [0.717, 1.165) is 24.3 Å². The van der Waals surface area contributed by atoms with Crippen molar-refractivity contribution in [3.63, 3.8) is 0 Å². The lowest BCUT2D eigenvalue weighted by molar-refractivity contribution is -0.133. The van der Waals surface area contributed by atoms with Crippen molar-refractivity contribution >= 4 is 28.7 Å². The molecule has 2 aliphatic rings. The Hall–Kier alpha value is -2.38. The molecule has 0 bridgehead atoms. The number of ether oxygens (including phenoxy) is 1. The molecule has 2 fully saturated rings. The van der Waals surface area contributed by atoms with Gasteiger partial charge in [0.25, 0.3) is 0 Å². The van der Waals surface area contributed by atoms with Crippen LogP contribution in [-0.4, -0.2) is 43.1 Å². The van der Waals surface area contributed by atoms with Crippen LogP contribution in [0.3, 0.4) is 0 Å². The first kappa shape index (κ1) is 17.1. The van der Waals surface area contributed by atoms with Crippen molar-refractivity contribution in [1.29, 1.82) is 0 Å². The number of nitrogens with one attached hydrogen (secondary N) is 1. The maximum absolute atomic E-state index is 12.2. The van der Waals surface area contributed by atoms with E-state index in [1.54, 1.807) is 6.07 Å². The molecule has 1 aromatic carbocycles. The number of ketones is 1. The summed E-state index contributed by atoms with van der Waals surface area (Å²) in [6, 6.07) is 7.34. The monoisotopic (exact) mass is 372 g/mol. The summed E-state index contributed by atoms with van der Waals surface area (Å²) in [5, 5.41) is 17.6. The van der Waals surface area contributed by atoms with E-state index in [1.807, 2.05) is 29.0 Å². The summed E-state index contributed by atoms with van der Waals surface area (Å²) in [4.78, 5) is 26.5. The van der Waals surface area contributed by atoms with E-state index in [-0.39, 0.29) is 30.3 Å². The third-order valence-electron chi connectivity index (χ3n) is 5.00. The molecule has 6 nitrogen and oxygen atoms in total. The molecule has 1 unspecified atom stereocenters. The average molecular weight is 372 g/mol. The predicted octanol–water partition coefficient (Wildman–Crippen LogP) is 2.01. The second kappa shape index (κ2) is 6.74. The molecule has 2 N–H and O–H groups in total. The predicted molar refractivity (Wildman–Crippen MR) is 98.6 cm³/mol. The largest absolute Gasteiger partial charge is 0.507 e. The number of rotatable bonds is 3. The molecule has 136 valence electrons. The van der Waals surface area contributed by atoms with Crippen LogP contribution in [0.5, 0.6) is 5.75 Å². The Balaban J connectivity index is 1.77. The smallest absolute Gasteiger partial charge is 0.228 e. The number of piperidine rings is 1. The van der Waals surface area contributed by atoms with Gasteiger partial charge >= 0.3 is 0 Å². The molecule has 0 spiro atoms. The normalized spacial score (nSPS) is 23.8. The molecule has 1 amide bonds. The number of phenols is 1. The molecular weight excluding hydrogens is 352 g/mol. The Morgan fingerprint density at radius 1 is 1.19 bits per heavy atom. The first-order chi connectivity index (χ1) is 12.6. The summed E-state index contributed by atoms with van der Waals surface area (Å²) >= 11 is 1.49. The van der Waals surface area contributed by atoms with Crippen LogP contribution in [0.4, 0.5) is 5.69 Å². The Morgan fingerprint density at radius 2 is 2.00 bits per heavy atom. The Morgan fingerprint density at radius 3 is 2.65 bits per heavy atom. The van der Waals surface area contributed by atoms with Crippen LogP contribution >= 0.6 is 11.3 Å². The summed E-state index contributed by atoms with van der Waals surface area (Å²) in [5.74, 6) is -0.365. The lowest BCUT2D eigenvalue weighted by atomic mass is 9.76. The van der Waals surface area contributed by atoms with Gasteiger partial charge in [0, 0.05) is 36.8 Å². The molecule has 0 radical (unpaired) electrons. The van der Waals surface area contributed by atoms with Crippen LogP contribution in [0.2, 0.25) is 0 Å². The van der Waals surface area contributed by atoms with Gasteiger partial charge in [-0.25, -0.2) is 0 Å². The number of hydrogen-bond donors (Lipinski definition) is 2. The number of phenolic OH excluding ortho intramolecular Hbond substituents is 1. The van der Waals surface area contributed by atoms with Crippen molar-refractivity contribution in [2.45, 2.75) is 18.4 Å². The highest BCUT2D eigenvalue weighted by molar-refractivity contribution is 7.08. The van der Waals surface area contributed by atoms with Crippen molar-refractivity contribution in [1.82, 2.24) is 5.32 Å². The standard InChI is InChI=1S/C19H20N2O4S/c22-15-10-18(24)20-19(11-15,13-3-8-26-12-13)16-2-1-14(9-17(16)23)21-4-6-25-7-5-21/h1-3,8-9,12,23H,4-7,10-11H2,(H,20,24).